The maximum atomic E-state index is 13.4. The summed E-state index contributed by atoms with van der Waals surface area (Å²) in [4.78, 5) is 7.01. The number of likely N-dealkylation sites (tertiary alicyclic amines) is 1. The predicted molar refractivity (Wildman–Crippen MR) is 80.8 cm³/mol. The Labute approximate surface area is 124 Å². The molecule has 5 heteroatoms. The fourth-order valence-electron chi connectivity index (χ4n) is 3.08. The van der Waals surface area contributed by atoms with E-state index in [1.165, 1.54) is 38.1 Å². The Hall–Kier alpha value is -1.46. The average Bonchev–Trinajstić information content (AvgIpc) is 3.09. The SMILES string of the molecule is OCCCc1nc2cc(F)ccc2n1CCN1CCCC1. The minimum Gasteiger partial charge on any atom is -0.396 e. The first-order valence-corrected chi connectivity index (χ1v) is 7.76. The van der Waals surface area contributed by atoms with Crippen LogP contribution in [0.25, 0.3) is 11.0 Å². The van der Waals surface area contributed by atoms with Crippen molar-refractivity contribution in [2.45, 2.75) is 32.2 Å². The molecule has 1 fully saturated rings. The second-order valence-corrected chi connectivity index (χ2v) is 5.69. The maximum Gasteiger partial charge on any atom is 0.125 e. The van der Waals surface area contributed by atoms with Gasteiger partial charge in [-0.25, -0.2) is 9.37 Å². The lowest BCUT2D eigenvalue weighted by Gasteiger charge is -2.16. The molecule has 3 rings (SSSR count). The van der Waals surface area contributed by atoms with E-state index in [1.54, 1.807) is 0 Å². The monoisotopic (exact) mass is 291 g/mol. The molecule has 0 amide bonds. The second-order valence-electron chi connectivity index (χ2n) is 5.69. The van der Waals surface area contributed by atoms with Gasteiger partial charge in [-0.05, 0) is 44.5 Å². The van der Waals surface area contributed by atoms with Gasteiger partial charge in [-0.3, -0.25) is 0 Å². The number of aliphatic hydroxyl groups excluding tert-OH is 1. The molecule has 114 valence electrons. The van der Waals surface area contributed by atoms with Crippen LogP contribution in [-0.4, -0.2) is 45.8 Å². The van der Waals surface area contributed by atoms with Gasteiger partial charge in [-0.15, -0.1) is 0 Å². The summed E-state index contributed by atoms with van der Waals surface area (Å²) in [6.45, 7) is 4.39. The summed E-state index contributed by atoms with van der Waals surface area (Å²) in [6.07, 6.45) is 3.99. The highest BCUT2D eigenvalue weighted by atomic mass is 19.1. The van der Waals surface area contributed by atoms with Gasteiger partial charge >= 0.3 is 0 Å². The van der Waals surface area contributed by atoms with Crippen molar-refractivity contribution >= 4 is 11.0 Å². The highest BCUT2D eigenvalue weighted by Crippen LogP contribution is 2.19. The molecule has 2 aromatic rings. The molecule has 0 aliphatic carbocycles. The third kappa shape index (κ3) is 3.24. The summed E-state index contributed by atoms with van der Waals surface area (Å²) in [5.41, 5.74) is 1.70. The number of nitrogens with zero attached hydrogens (tertiary/aromatic N) is 3. The Morgan fingerprint density at radius 2 is 2.00 bits per heavy atom. The summed E-state index contributed by atoms with van der Waals surface area (Å²) in [6, 6.07) is 4.79. The minimum atomic E-state index is -0.250. The molecule has 0 bridgehead atoms. The van der Waals surface area contributed by atoms with Crippen LogP contribution in [0.5, 0.6) is 0 Å². The van der Waals surface area contributed by atoms with E-state index in [2.05, 4.69) is 14.5 Å². The molecule has 0 atom stereocenters. The third-order valence-electron chi connectivity index (χ3n) is 4.19. The Morgan fingerprint density at radius 1 is 1.19 bits per heavy atom. The number of aromatic nitrogens is 2. The number of imidazole rings is 1. The Morgan fingerprint density at radius 3 is 2.76 bits per heavy atom. The molecule has 0 saturated carbocycles. The van der Waals surface area contributed by atoms with Crippen LogP contribution in [0.15, 0.2) is 18.2 Å². The number of rotatable bonds is 6. The van der Waals surface area contributed by atoms with Gasteiger partial charge in [0.1, 0.15) is 11.6 Å². The van der Waals surface area contributed by atoms with Crippen molar-refractivity contribution in [3.05, 3.63) is 29.8 Å². The van der Waals surface area contributed by atoms with Gasteiger partial charge < -0.3 is 14.6 Å². The van der Waals surface area contributed by atoms with Crippen molar-refractivity contribution < 1.29 is 9.50 Å². The fourth-order valence-corrected chi connectivity index (χ4v) is 3.08. The summed E-state index contributed by atoms with van der Waals surface area (Å²) in [5, 5.41) is 9.03. The van der Waals surface area contributed by atoms with E-state index in [0.29, 0.717) is 11.9 Å². The highest BCUT2D eigenvalue weighted by Gasteiger charge is 2.15. The fraction of sp³-hybridized carbons (Fsp3) is 0.562. The quantitative estimate of drug-likeness (QED) is 0.887. The van der Waals surface area contributed by atoms with E-state index < -0.39 is 0 Å². The van der Waals surface area contributed by atoms with Gasteiger partial charge in [0.15, 0.2) is 0 Å². The van der Waals surface area contributed by atoms with Crippen molar-refractivity contribution in [1.29, 1.82) is 0 Å². The molecule has 0 spiro atoms. The number of aliphatic hydroxyl groups is 1. The van der Waals surface area contributed by atoms with E-state index in [9.17, 15) is 4.39 Å². The minimum absolute atomic E-state index is 0.156. The topological polar surface area (TPSA) is 41.3 Å². The van der Waals surface area contributed by atoms with Gasteiger partial charge in [-0.1, -0.05) is 0 Å². The van der Waals surface area contributed by atoms with Crippen LogP contribution in [0.4, 0.5) is 4.39 Å². The molecular formula is C16H22FN3O. The molecular weight excluding hydrogens is 269 g/mol. The zero-order valence-corrected chi connectivity index (χ0v) is 12.3. The maximum absolute atomic E-state index is 13.4. The molecule has 1 aliphatic rings. The molecule has 0 radical (unpaired) electrons. The number of halogens is 1. The van der Waals surface area contributed by atoms with Crippen molar-refractivity contribution in [3.63, 3.8) is 0 Å². The first-order chi connectivity index (χ1) is 10.3. The summed E-state index contributed by atoms with van der Waals surface area (Å²) >= 11 is 0. The normalized spacial score (nSPS) is 16.1. The number of hydrogen-bond acceptors (Lipinski definition) is 3. The predicted octanol–water partition coefficient (Wildman–Crippen LogP) is 2.20. The average molecular weight is 291 g/mol. The van der Waals surface area contributed by atoms with Gasteiger partial charge in [0.05, 0.1) is 11.0 Å². The lowest BCUT2D eigenvalue weighted by atomic mass is 10.3. The Kier molecular flexibility index (Phi) is 4.51. The number of hydrogen-bond donors (Lipinski definition) is 1. The van der Waals surface area contributed by atoms with E-state index >= 15 is 0 Å². The lowest BCUT2D eigenvalue weighted by Crippen LogP contribution is -2.24. The molecule has 2 heterocycles. The largest absolute Gasteiger partial charge is 0.396 e. The molecule has 1 saturated heterocycles. The zero-order valence-electron chi connectivity index (χ0n) is 12.3. The van der Waals surface area contributed by atoms with Crippen LogP contribution < -0.4 is 0 Å². The summed E-state index contributed by atoms with van der Waals surface area (Å²) in [7, 11) is 0. The van der Waals surface area contributed by atoms with Crippen molar-refractivity contribution in [2.75, 3.05) is 26.2 Å². The van der Waals surface area contributed by atoms with Crippen LogP contribution in [-0.2, 0) is 13.0 Å². The highest BCUT2D eigenvalue weighted by molar-refractivity contribution is 5.76. The second kappa shape index (κ2) is 6.54. The van der Waals surface area contributed by atoms with E-state index in [4.69, 9.17) is 5.11 Å². The van der Waals surface area contributed by atoms with Crippen molar-refractivity contribution in [3.8, 4) is 0 Å². The van der Waals surface area contributed by atoms with E-state index in [0.717, 1.165) is 30.9 Å². The standard InChI is InChI=1S/C16H22FN3O/c17-13-5-6-15-14(12-13)18-16(4-3-11-21)20(15)10-9-19-7-1-2-8-19/h5-6,12,21H,1-4,7-11H2. The summed E-state index contributed by atoms with van der Waals surface area (Å²) < 4.78 is 15.5. The number of aryl methyl sites for hydroxylation is 1. The first-order valence-electron chi connectivity index (χ1n) is 7.76. The number of fused-ring (bicyclic) bond motifs is 1. The van der Waals surface area contributed by atoms with Crippen LogP contribution in [0, 0.1) is 5.82 Å². The van der Waals surface area contributed by atoms with E-state index in [-0.39, 0.29) is 12.4 Å². The smallest absolute Gasteiger partial charge is 0.125 e. The molecule has 1 aromatic heterocycles. The molecule has 1 aliphatic heterocycles. The van der Waals surface area contributed by atoms with Crippen molar-refractivity contribution in [1.82, 2.24) is 14.5 Å². The zero-order chi connectivity index (χ0) is 14.7. The van der Waals surface area contributed by atoms with Crippen molar-refractivity contribution in [2.24, 2.45) is 0 Å². The molecule has 1 N–H and O–H groups in total. The van der Waals surface area contributed by atoms with Crippen LogP contribution in [0.2, 0.25) is 0 Å². The van der Waals surface area contributed by atoms with E-state index in [1.807, 2.05) is 6.07 Å². The molecule has 4 nitrogen and oxygen atoms in total. The Bertz CT molecular complexity index is 605. The number of benzene rings is 1. The lowest BCUT2D eigenvalue weighted by molar-refractivity contribution is 0.285. The van der Waals surface area contributed by atoms with Gasteiger partial charge in [0.2, 0.25) is 0 Å². The van der Waals surface area contributed by atoms with Gasteiger partial charge in [0, 0.05) is 32.2 Å². The van der Waals surface area contributed by atoms with Crippen LogP contribution in [0.3, 0.4) is 0 Å². The Balaban J connectivity index is 1.84. The van der Waals surface area contributed by atoms with Gasteiger partial charge in [-0.2, -0.15) is 0 Å². The first kappa shape index (κ1) is 14.5. The third-order valence-corrected chi connectivity index (χ3v) is 4.19. The van der Waals surface area contributed by atoms with Crippen LogP contribution >= 0.6 is 0 Å². The molecule has 0 unspecified atom stereocenters. The summed E-state index contributed by atoms with van der Waals surface area (Å²) in [5.74, 6) is 0.698. The van der Waals surface area contributed by atoms with Crippen LogP contribution in [0.1, 0.15) is 25.1 Å². The van der Waals surface area contributed by atoms with Gasteiger partial charge in [0.25, 0.3) is 0 Å². The molecule has 1 aromatic carbocycles. The molecule has 21 heavy (non-hydrogen) atoms.